The highest BCUT2D eigenvalue weighted by molar-refractivity contribution is 7.90. The average molecular weight is 293 g/mol. The molecule has 5 nitrogen and oxygen atoms in total. The van der Waals surface area contributed by atoms with Crippen LogP contribution in [0.2, 0.25) is 0 Å². The minimum atomic E-state index is -2.98. The summed E-state index contributed by atoms with van der Waals surface area (Å²) in [6.45, 7) is 0.846. The molecule has 0 saturated heterocycles. The largest absolute Gasteiger partial charge is 0.358 e. The fraction of sp³-hybridized carbons (Fsp3) is 0.357. The maximum atomic E-state index is 11.3. The monoisotopic (exact) mass is 293 g/mol. The van der Waals surface area contributed by atoms with E-state index in [1.54, 1.807) is 6.20 Å². The van der Waals surface area contributed by atoms with Gasteiger partial charge in [-0.05, 0) is 10.9 Å². The van der Waals surface area contributed by atoms with Crippen LogP contribution < -0.4 is 10.6 Å². The van der Waals surface area contributed by atoms with E-state index >= 15 is 0 Å². The van der Waals surface area contributed by atoms with Gasteiger partial charge in [-0.15, -0.1) is 0 Å². The molecule has 0 aliphatic carbocycles. The lowest BCUT2D eigenvalue weighted by atomic mass is 10.1. The SMILES string of the molecule is CN(CCS(C)(=O)=O)c1ncc(CN)c2ccccc12. The molecule has 1 heterocycles. The third kappa shape index (κ3) is 3.26. The summed E-state index contributed by atoms with van der Waals surface area (Å²) in [5.74, 6) is 0.888. The first-order valence-corrected chi connectivity index (χ1v) is 8.44. The first kappa shape index (κ1) is 14.7. The van der Waals surface area contributed by atoms with Crippen LogP contribution in [0.25, 0.3) is 10.8 Å². The van der Waals surface area contributed by atoms with Crippen molar-refractivity contribution >= 4 is 26.4 Å². The Labute approximate surface area is 119 Å². The predicted octanol–water partition coefficient (Wildman–Crippen LogP) is 1.17. The molecule has 2 rings (SSSR count). The van der Waals surface area contributed by atoms with Gasteiger partial charge in [0, 0.05) is 38.0 Å². The Balaban J connectivity index is 2.40. The van der Waals surface area contributed by atoms with Gasteiger partial charge in [0.15, 0.2) is 0 Å². The van der Waals surface area contributed by atoms with Gasteiger partial charge >= 0.3 is 0 Å². The molecule has 1 aromatic heterocycles. The number of fused-ring (bicyclic) bond motifs is 1. The molecule has 0 fully saturated rings. The van der Waals surface area contributed by atoms with Crippen LogP contribution in [0, 0.1) is 0 Å². The Morgan fingerprint density at radius 2 is 1.90 bits per heavy atom. The number of nitrogens with zero attached hydrogens (tertiary/aromatic N) is 2. The van der Waals surface area contributed by atoms with E-state index in [4.69, 9.17) is 5.73 Å². The van der Waals surface area contributed by atoms with Crippen molar-refractivity contribution in [2.45, 2.75) is 6.54 Å². The lowest BCUT2D eigenvalue weighted by Crippen LogP contribution is -2.26. The van der Waals surface area contributed by atoms with E-state index in [0.29, 0.717) is 13.1 Å². The van der Waals surface area contributed by atoms with E-state index in [2.05, 4.69) is 4.98 Å². The van der Waals surface area contributed by atoms with Gasteiger partial charge in [-0.1, -0.05) is 24.3 Å². The molecular weight excluding hydrogens is 274 g/mol. The van der Waals surface area contributed by atoms with Crippen LogP contribution in [0.5, 0.6) is 0 Å². The number of pyridine rings is 1. The third-order valence-electron chi connectivity index (χ3n) is 3.24. The van der Waals surface area contributed by atoms with E-state index in [9.17, 15) is 8.42 Å². The summed E-state index contributed by atoms with van der Waals surface area (Å²) >= 11 is 0. The summed E-state index contributed by atoms with van der Waals surface area (Å²) < 4.78 is 22.5. The number of hydrogen-bond donors (Lipinski definition) is 1. The van der Waals surface area contributed by atoms with Crippen LogP contribution in [-0.2, 0) is 16.4 Å². The van der Waals surface area contributed by atoms with Gasteiger partial charge in [0.1, 0.15) is 15.7 Å². The van der Waals surface area contributed by atoms with Crippen molar-refractivity contribution in [2.24, 2.45) is 5.73 Å². The predicted molar refractivity (Wildman–Crippen MR) is 82.6 cm³/mol. The first-order valence-electron chi connectivity index (χ1n) is 6.38. The molecule has 6 heteroatoms. The van der Waals surface area contributed by atoms with Crippen LogP contribution in [0.3, 0.4) is 0 Å². The molecule has 108 valence electrons. The minimum absolute atomic E-state index is 0.109. The summed E-state index contributed by atoms with van der Waals surface area (Å²) in [6.07, 6.45) is 3.00. The number of hydrogen-bond acceptors (Lipinski definition) is 5. The van der Waals surface area contributed by atoms with Crippen molar-refractivity contribution in [3.8, 4) is 0 Å². The summed E-state index contributed by atoms with van der Waals surface area (Å²) in [5, 5.41) is 2.05. The van der Waals surface area contributed by atoms with Crippen molar-refractivity contribution in [1.82, 2.24) is 4.98 Å². The van der Waals surface area contributed by atoms with Crippen molar-refractivity contribution in [3.63, 3.8) is 0 Å². The number of anilines is 1. The zero-order valence-electron chi connectivity index (χ0n) is 11.7. The number of nitrogens with two attached hydrogens (primary N) is 1. The topological polar surface area (TPSA) is 76.3 Å². The second-order valence-corrected chi connectivity index (χ2v) is 7.17. The molecular formula is C14H19N3O2S. The van der Waals surface area contributed by atoms with E-state index < -0.39 is 9.84 Å². The molecule has 0 spiro atoms. The zero-order chi connectivity index (χ0) is 14.8. The molecule has 0 radical (unpaired) electrons. The smallest absolute Gasteiger partial charge is 0.149 e. The average Bonchev–Trinajstić information content (AvgIpc) is 2.42. The van der Waals surface area contributed by atoms with Gasteiger partial charge < -0.3 is 10.6 Å². The van der Waals surface area contributed by atoms with E-state index in [-0.39, 0.29) is 5.75 Å². The number of rotatable bonds is 5. The lowest BCUT2D eigenvalue weighted by molar-refractivity contribution is 0.601. The standard InChI is InChI=1S/C14H19N3O2S/c1-17(7-8-20(2,18)19)14-13-6-4-3-5-12(13)11(9-15)10-16-14/h3-6,10H,7-9,15H2,1-2H3. The van der Waals surface area contributed by atoms with Crippen molar-refractivity contribution in [1.29, 1.82) is 0 Å². The number of benzene rings is 1. The van der Waals surface area contributed by atoms with Crippen molar-refractivity contribution in [3.05, 3.63) is 36.0 Å². The van der Waals surface area contributed by atoms with Crippen LogP contribution in [0.4, 0.5) is 5.82 Å². The van der Waals surface area contributed by atoms with Crippen LogP contribution in [0.1, 0.15) is 5.56 Å². The quantitative estimate of drug-likeness (QED) is 0.895. The Morgan fingerprint density at radius 1 is 1.25 bits per heavy atom. The van der Waals surface area contributed by atoms with E-state index in [0.717, 1.165) is 22.2 Å². The van der Waals surface area contributed by atoms with Gasteiger partial charge in [0.25, 0.3) is 0 Å². The molecule has 20 heavy (non-hydrogen) atoms. The van der Waals surface area contributed by atoms with Gasteiger partial charge in [0.2, 0.25) is 0 Å². The highest BCUT2D eigenvalue weighted by atomic mass is 32.2. The molecule has 1 aromatic carbocycles. The molecule has 0 unspecified atom stereocenters. The third-order valence-corrected chi connectivity index (χ3v) is 4.16. The minimum Gasteiger partial charge on any atom is -0.358 e. The molecule has 2 N–H and O–H groups in total. The van der Waals surface area contributed by atoms with Gasteiger partial charge in [0.05, 0.1) is 5.75 Å². The molecule has 0 bridgehead atoms. The maximum absolute atomic E-state index is 11.3. The van der Waals surface area contributed by atoms with Crippen molar-refractivity contribution in [2.75, 3.05) is 30.5 Å². The highest BCUT2D eigenvalue weighted by Gasteiger charge is 2.12. The summed E-state index contributed by atoms with van der Waals surface area (Å²) in [4.78, 5) is 6.29. The molecule has 2 aromatic rings. The maximum Gasteiger partial charge on any atom is 0.149 e. The van der Waals surface area contributed by atoms with Gasteiger partial charge in [-0.3, -0.25) is 0 Å². The molecule has 0 aliphatic heterocycles. The summed E-state index contributed by atoms with van der Waals surface area (Å²) in [6, 6.07) is 7.89. The van der Waals surface area contributed by atoms with Crippen molar-refractivity contribution < 1.29 is 8.42 Å². The summed E-state index contributed by atoms with van der Waals surface area (Å²) in [7, 11) is -1.13. The van der Waals surface area contributed by atoms with Gasteiger partial charge in [-0.25, -0.2) is 13.4 Å². The first-order chi connectivity index (χ1) is 9.42. The van der Waals surface area contributed by atoms with Crippen LogP contribution in [0.15, 0.2) is 30.5 Å². The Bertz CT molecular complexity index is 713. The second-order valence-electron chi connectivity index (χ2n) is 4.91. The lowest BCUT2D eigenvalue weighted by Gasteiger charge is -2.20. The molecule has 0 saturated carbocycles. The Morgan fingerprint density at radius 3 is 2.50 bits per heavy atom. The summed E-state index contributed by atoms with van der Waals surface area (Å²) in [5.41, 5.74) is 6.71. The normalized spacial score (nSPS) is 11.8. The molecule has 0 aliphatic rings. The molecule has 0 amide bonds. The van der Waals surface area contributed by atoms with E-state index in [1.807, 2.05) is 36.2 Å². The molecule has 0 atom stereocenters. The number of aromatic nitrogens is 1. The van der Waals surface area contributed by atoms with Crippen LogP contribution in [-0.4, -0.2) is 39.0 Å². The van der Waals surface area contributed by atoms with Crippen LogP contribution >= 0.6 is 0 Å². The Hall–Kier alpha value is -1.66. The zero-order valence-corrected chi connectivity index (χ0v) is 12.5. The van der Waals surface area contributed by atoms with E-state index in [1.165, 1.54) is 6.26 Å². The van der Waals surface area contributed by atoms with Gasteiger partial charge in [-0.2, -0.15) is 0 Å². The Kier molecular flexibility index (Phi) is 4.25. The second kappa shape index (κ2) is 5.76. The fourth-order valence-corrected chi connectivity index (χ4v) is 2.72. The number of sulfone groups is 1. The fourth-order valence-electron chi connectivity index (χ4n) is 2.11. The highest BCUT2D eigenvalue weighted by Crippen LogP contribution is 2.26.